The fraction of sp³-hybridized carbons (Fsp3) is 0.444. The quantitative estimate of drug-likeness (QED) is 0.420. The maximum absolute atomic E-state index is 12.4. The maximum atomic E-state index is 12.4. The number of rotatable bonds is 7. The molecule has 0 bridgehead atoms. The molecule has 9 nitrogen and oxygen atoms in total. The molecule has 6 atom stereocenters. The van der Waals surface area contributed by atoms with Crippen LogP contribution in [0.3, 0.4) is 0 Å². The summed E-state index contributed by atoms with van der Waals surface area (Å²) in [5.74, 6) is -1.91. The maximum Gasteiger partial charge on any atom is 0.342 e. The van der Waals surface area contributed by atoms with Crippen molar-refractivity contribution in [1.82, 2.24) is 0 Å². The smallest absolute Gasteiger partial charge is 0.342 e. The van der Waals surface area contributed by atoms with Crippen molar-refractivity contribution in [3.63, 3.8) is 0 Å². The molecule has 0 aromatic heterocycles. The number of carbonyl (C=O) groups is 2. The summed E-state index contributed by atoms with van der Waals surface area (Å²) in [6.45, 7) is 3.24. The number of hydrogen-bond acceptors (Lipinski definition) is 9. The second-order valence-electron chi connectivity index (χ2n) is 5.78. The molecule has 3 N–H and O–H groups in total. The second kappa shape index (κ2) is 9.58. The average Bonchev–Trinajstić information content (AvgIpc) is 2.68. The lowest BCUT2D eigenvalue weighted by Gasteiger charge is -2.38. The highest BCUT2D eigenvalue weighted by Crippen LogP contribution is 2.26. The molecule has 1 saturated heterocycles. The van der Waals surface area contributed by atoms with E-state index in [4.69, 9.17) is 18.9 Å². The van der Waals surface area contributed by atoms with Crippen molar-refractivity contribution < 1.29 is 43.9 Å². The molecular weight excluding hydrogens is 360 g/mol. The Morgan fingerprint density at radius 2 is 1.85 bits per heavy atom. The molecule has 0 spiro atoms. The van der Waals surface area contributed by atoms with Gasteiger partial charge < -0.3 is 34.3 Å². The third-order valence-electron chi connectivity index (χ3n) is 3.93. The minimum atomic E-state index is -1.80. The number of aliphatic hydroxyl groups excluding tert-OH is 3. The Morgan fingerprint density at radius 1 is 1.19 bits per heavy atom. The Bertz CT molecular complexity index is 647. The predicted molar refractivity (Wildman–Crippen MR) is 90.1 cm³/mol. The lowest BCUT2D eigenvalue weighted by molar-refractivity contribution is -0.289. The number of aliphatic hydroxyl groups is 3. The first kappa shape index (κ1) is 21.0. The number of hydrogen-bond donors (Lipinski definition) is 3. The van der Waals surface area contributed by atoms with Crippen LogP contribution in [0, 0.1) is 0 Å². The summed E-state index contributed by atoms with van der Waals surface area (Å²) < 4.78 is 20.2. The lowest BCUT2D eigenvalue weighted by atomic mass is 9.99. The van der Waals surface area contributed by atoms with E-state index < -0.39 is 48.7 Å². The van der Waals surface area contributed by atoms with Crippen molar-refractivity contribution in [1.29, 1.82) is 0 Å². The first-order chi connectivity index (χ1) is 12.9. The fourth-order valence-electron chi connectivity index (χ4n) is 2.54. The van der Waals surface area contributed by atoms with Crippen LogP contribution in [0.2, 0.25) is 0 Å². The molecule has 0 radical (unpaired) electrons. The van der Waals surface area contributed by atoms with E-state index in [1.165, 1.54) is 13.2 Å². The van der Waals surface area contributed by atoms with Crippen LogP contribution in [0.1, 0.15) is 11.7 Å². The summed E-state index contributed by atoms with van der Waals surface area (Å²) in [6.07, 6.45) is -8.51. The topological polar surface area (TPSA) is 132 Å². The van der Waals surface area contributed by atoms with Gasteiger partial charge in [-0.15, -0.1) is 0 Å². The summed E-state index contributed by atoms with van der Waals surface area (Å²) >= 11 is 0. The van der Waals surface area contributed by atoms with Crippen LogP contribution in [0.15, 0.2) is 43.0 Å². The Kier molecular flexibility index (Phi) is 7.45. The number of ether oxygens (including phenoxy) is 4. The fourth-order valence-corrected chi connectivity index (χ4v) is 2.54. The Labute approximate surface area is 155 Å². The number of methoxy groups -OCH3 is 1. The van der Waals surface area contributed by atoms with Crippen molar-refractivity contribution in [2.75, 3.05) is 13.7 Å². The van der Waals surface area contributed by atoms with E-state index in [0.717, 1.165) is 0 Å². The molecule has 0 amide bonds. The zero-order valence-corrected chi connectivity index (χ0v) is 14.6. The minimum Gasteiger partial charge on any atom is -0.459 e. The van der Waals surface area contributed by atoms with Gasteiger partial charge in [-0.25, -0.2) is 9.59 Å². The van der Waals surface area contributed by atoms with Crippen molar-refractivity contribution in [2.24, 2.45) is 0 Å². The molecule has 27 heavy (non-hydrogen) atoms. The number of benzene rings is 1. The van der Waals surface area contributed by atoms with Gasteiger partial charge in [-0.1, -0.05) is 43.0 Å². The number of carbonyl (C=O) groups excluding carboxylic acids is 2. The summed E-state index contributed by atoms with van der Waals surface area (Å²) in [7, 11) is 1.30. The highest BCUT2D eigenvalue weighted by Gasteiger charge is 2.49. The van der Waals surface area contributed by atoms with Crippen molar-refractivity contribution in [3.05, 3.63) is 48.6 Å². The third kappa shape index (κ3) is 4.90. The Hall–Kier alpha value is -2.30. The molecule has 1 fully saturated rings. The predicted octanol–water partition coefficient (Wildman–Crippen LogP) is -0.546. The van der Waals surface area contributed by atoms with Crippen LogP contribution in [-0.4, -0.2) is 71.7 Å². The molecule has 148 valence electrons. The van der Waals surface area contributed by atoms with Gasteiger partial charge in [-0.2, -0.15) is 0 Å². The summed E-state index contributed by atoms with van der Waals surface area (Å²) in [4.78, 5) is 24.4. The lowest BCUT2D eigenvalue weighted by Crippen LogP contribution is -2.61. The van der Waals surface area contributed by atoms with E-state index in [-0.39, 0.29) is 6.61 Å². The first-order valence-electron chi connectivity index (χ1n) is 8.16. The summed E-state index contributed by atoms with van der Waals surface area (Å²) in [5.41, 5.74) is 0.498. The largest absolute Gasteiger partial charge is 0.459 e. The minimum absolute atomic E-state index is 0.145. The summed E-state index contributed by atoms with van der Waals surface area (Å²) in [5, 5.41) is 29.9. The average molecular weight is 382 g/mol. The molecule has 0 aliphatic carbocycles. The van der Waals surface area contributed by atoms with Crippen LogP contribution in [0.25, 0.3) is 0 Å². The molecule has 1 aromatic rings. The Morgan fingerprint density at radius 3 is 2.44 bits per heavy atom. The zero-order chi connectivity index (χ0) is 20.0. The molecular formula is C18H22O9. The van der Waals surface area contributed by atoms with Gasteiger partial charge in [0.05, 0.1) is 0 Å². The van der Waals surface area contributed by atoms with Gasteiger partial charge in [0.15, 0.2) is 12.2 Å². The molecule has 2 rings (SSSR count). The zero-order valence-electron chi connectivity index (χ0n) is 14.6. The molecule has 1 aromatic carbocycles. The van der Waals surface area contributed by atoms with Gasteiger partial charge in [0.1, 0.15) is 24.9 Å². The van der Waals surface area contributed by atoms with Gasteiger partial charge in [0.2, 0.25) is 6.29 Å². The van der Waals surface area contributed by atoms with Crippen LogP contribution in [-0.2, 0) is 28.5 Å². The van der Waals surface area contributed by atoms with Gasteiger partial charge in [0.25, 0.3) is 0 Å². The van der Waals surface area contributed by atoms with Gasteiger partial charge in [0, 0.05) is 7.11 Å². The second-order valence-corrected chi connectivity index (χ2v) is 5.78. The SMILES string of the molecule is C=CCOC(=O)[C@H]1O[C@@H](OC(=O)[C@H](OC)c2ccccc2)[C@H](O)[C@@H](O)[C@@H]1O. The molecule has 1 heterocycles. The Balaban J connectivity index is 2.12. The molecule has 0 unspecified atom stereocenters. The highest BCUT2D eigenvalue weighted by atomic mass is 16.7. The van der Waals surface area contributed by atoms with Crippen LogP contribution < -0.4 is 0 Å². The molecule has 0 saturated carbocycles. The highest BCUT2D eigenvalue weighted by molar-refractivity contribution is 5.77. The number of esters is 2. The van der Waals surface area contributed by atoms with Crippen molar-refractivity contribution in [2.45, 2.75) is 36.8 Å². The van der Waals surface area contributed by atoms with Gasteiger partial charge in [-0.05, 0) is 5.56 Å². The monoisotopic (exact) mass is 382 g/mol. The first-order valence-corrected chi connectivity index (χ1v) is 8.16. The van der Waals surface area contributed by atoms with E-state index in [0.29, 0.717) is 5.56 Å². The van der Waals surface area contributed by atoms with Crippen LogP contribution >= 0.6 is 0 Å². The van der Waals surface area contributed by atoms with E-state index in [1.807, 2.05) is 0 Å². The van der Waals surface area contributed by atoms with Crippen LogP contribution in [0.5, 0.6) is 0 Å². The van der Waals surface area contributed by atoms with E-state index in [2.05, 4.69) is 6.58 Å². The van der Waals surface area contributed by atoms with E-state index in [9.17, 15) is 24.9 Å². The summed E-state index contributed by atoms with van der Waals surface area (Å²) in [6, 6.07) is 8.44. The van der Waals surface area contributed by atoms with Gasteiger partial charge >= 0.3 is 11.9 Å². The molecule has 1 aliphatic rings. The van der Waals surface area contributed by atoms with Crippen molar-refractivity contribution >= 4 is 11.9 Å². The van der Waals surface area contributed by atoms with E-state index >= 15 is 0 Å². The normalized spacial score (nSPS) is 28.8. The standard InChI is InChI=1S/C18H22O9/c1-3-9-25-16(22)15-12(20)11(19)13(21)18(26-15)27-17(23)14(24-2)10-7-5-4-6-8-10/h3-8,11-15,18-21H,1,9H2,2H3/t11-,12-,13+,14+,15-,18-/m0/s1. The molecule has 9 heteroatoms. The van der Waals surface area contributed by atoms with Gasteiger partial charge in [-0.3, -0.25) is 0 Å². The third-order valence-corrected chi connectivity index (χ3v) is 3.93. The van der Waals surface area contributed by atoms with Crippen LogP contribution in [0.4, 0.5) is 0 Å². The molecule has 1 aliphatic heterocycles. The van der Waals surface area contributed by atoms with Crippen molar-refractivity contribution in [3.8, 4) is 0 Å². The van der Waals surface area contributed by atoms with E-state index in [1.54, 1.807) is 30.3 Å².